The molecule has 2 N–H and O–H groups in total. The summed E-state index contributed by atoms with van der Waals surface area (Å²) in [5.74, 6) is -1.13. The van der Waals surface area contributed by atoms with Gasteiger partial charge in [-0.15, -0.1) is 11.3 Å². The van der Waals surface area contributed by atoms with Crippen LogP contribution in [0.15, 0.2) is 54.2 Å². The number of aromatic nitrogens is 2. The van der Waals surface area contributed by atoms with E-state index < -0.39 is 5.97 Å². The first-order valence-electron chi connectivity index (χ1n) is 11.8. The molecule has 1 aliphatic carbocycles. The molecule has 36 heavy (non-hydrogen) atoms. The van der Waals surface area contributed by atoms with E-state index in [2.05, 4.69) is 10.3 Å². The number of hydrogen-bond acceptors (Lipinski definition) is 5. The van der Waals surface area contributed by atoms with Crippen molar-refractivity contribution >= 4 is 33.4 Å². The summed E-state index contributed by atoms with van der Waals surface area (Å²) in [6.07, 6.45) is 6.16. The summed E-state index contributed by atoms with van der Waals surface area (Å²) in [7, 11) is 1.50. The second-order valence-corrected chi connectivity index (χ2v) is 10.00. The number of nitrogens with one attached hydrogen (secondary N) is 1. The molecule has 0 radical (unpaired) electrons. The number of ether oxygens (including phenoxy) is 1. The van der Waals surface area contributed by atoms with Crippen molar-refractivity contribution in [1.29, 1.82) is 0 Å². The number of fused-ring (bicyclic) bond motifs is 1. The Labute approximate surface area is 211 Å². The number of hydrogen-bond donors (Lipinski definition) is 2. The summed E-state index contributed by atoms with van der Waals surface area (Å²) in [6.45, 7) is 0.483. The van der Waals surface area contributed by atoms with Crippen molar-refractivity contribution in [3.8, 4) is 16.9 Å². The minimum Gasteiger partial charge on any atom is -0.497 e. The smallest absolute Gasteiger partial charge is 0.306 e. The molecular formula is C27H26FN3O4S. The van der Waals surface area contributed by atoms with Crippen molar-refractivity contribution in [2.75, 3.05) is 7.11 Å². The van der Waals surface area contributed by atoms with Crippen molar-refractivity contribution in [3.63, 3.8) is 0 Å². The zero-order valence-electron chi connectivity index (χ0n) is 19.7. The number of nitrogens with zero attached hydrogens (tertiary/aromatic N) is 2. The van der Waals surface area contributed by atoms with Crippen LogP contribution in [0.4, 0.5) is 4.39 Å². The summed E-state index contributed by atoms with van der Waals surface area (Å²) >= 11 is 1.52. The first-order chi connectivity index (χ1) is 17.4. The summed E-state index contributed by atoms with van der Waals surface area (Å²) in [4.78, 5) is 28.9. The number of rotatable bonds is 7. The van der Waals surface area contributed by atoms with Crippen LogP contribution in [0.1, 0.15) is 41.7 Å². The third-order valence-corrected chi connectivity index (χ3v) is 7.68. The number of thiophene rings is 1. The van der Waals surface area contributed by atoms with Gasteiger partial charge in [0.1, 0.15) is 11.6 Å². The molecule has 1 aromatic carbocycles. The third kappa shape index (κ3) is 4.97. The number of amides is 1. The SMILES string of the molecule is COc1cc(F)cc(-c2ccc(Cn3ccc4scc(C(=O)NC5CCC(C(=O)O)CC5)c43)nc2)c1. The molecule has 4 aromatic rings. The van der Waals surface area contributed by atoms with Gasteiger partial charge in [0.15, 0.2) is 0 Å². The predicted molar refractivity (Wildman–Crippen MR) is 136 cm³/mol. The Hall–Kier alpha value is -3.72. The summed E-state index contributed by atoms with van der Waals surface area (Å²) in [5, 5.41) is 14.2. The Bertz CT molecular complexity index is 1400. The van der Waals surface area contributed by atoms with E-state index in [0.29, 0.717) is 49.1 Å². The number of carbonyl (C=O) groups is 2. The van der Waals surface area contributed by atoms with Gasteiger partial charge in [0.25, 0.3) is 5.91 Å². The minimum absolute atomic E-state index is 0.0119. The predicted octanol–water partition coefficient (Wildman–Crippen LogP) is 5.33. The van der Waals surface area contributed by atoms with E-state index in [0.717, 1.165) is 21.5 Å². The molecule has 0 atom stereocenters. The zero-order valence-corrected chi connectivity index (χ0v) is 20.6. The molecule has 3 heterocycles. The first-order valence-corrected chi connectivity index (χ1v) is 12.7. The maximum absolute atomic E-state index is 13.9. The number of halogens is 1. The van der Waals surface area contributed by atoms with Crippen molar-refractivity contribution in [1.82, 2.24) is 14.9 Å². The van der Waals surface area contributed by atoms with E-state index in [1.54, 1.807) is 12.3 Å². The lowest BCUT2D eigenvalue weighted by Crippen LogP contribution is -2.38. The molecule has 1 fully saturated rings. The van der Waals surface area contributed by atoms with Crippen LogP contribution in [0.25, 0.3) is 21.3 Å². The van der Waals surface area contributed by atoms with Crippen molar-refractivity contribution in [2.24, 2.45) is 5.92 Å². The highest BCUT2D eigenvalue weighted by atomic mass is 32.1. The molecule has 5 rings (SSSR count). The highest BCUT2D eigenvalue weighted by molar-refractivity contribution is 7.17. The average molecular weight is 508 g/mol. The Kier molecular flexibility index (Phi) is 6.73. The largest absolute Gasteiger partial charge is 0.497 e. The van der Waals surface area contributed by atoms with E-state index >= 15 is 0 Å². The molecule has 3 aromatic heterocycles. The molecule has 0 aliphatic heterocycles. The van der Waals surface area contributed by atoms with Gasteiger partial charge in [-0.3, -0.25) is 14.6 Å². The monoisotopic (exact) mass is 507 g/mol. The number of carboxylic acid groups (broad SMARTS) is 1. The Morgan fingerprint density at radius 3 is 2.67 bits per heavy atom. The Balaban J connectivity index is 1.31. The molecule has 1 saturated carbocycles. The molecule has 1 amide bonds. The minimum atomic E-state index is -0.755. The van der Waals surface area contributed by atoms with Crippen LogP contribution >= 0.6 is 11.3 Å². The summed E-state index contributed by atoms with van der Waals surface area (Å²) in [5.41, 5.74) is 3.75. The van der Waals surface area contributed by atoms with Crippen LogP contribution in [0, 0.1) is 11.7 Å². The van der Waals surface area contributed by atoms with Crippen molar-refractivity contribution < 1.29 is 23.8 Å². The van der Waals surface area contributed by atoms with E-state index in [-0.39, 0.29) is 23.7 Å². The van der Waals surface area contributed by atoms with Crippen LogP contribution in [-0.2, 0) is 11.3 Å². The fraction of sp³-hybridized carbons (Fsp3) is 0.296. The maximum Gasteiger partial charge on any atom is 0.306 e. The molecular weight excluding hydrogens is 481 g/mol. The summed E-state index contributed by atoms with van der Waals surface area (Å²) < 4.78 is 22.1. The van der Waals surface area contributed by atoms with Gasteiger partial charge in [-0.25, -0.2) is 4.39 Å². The molecule has 0 unspecified atom stereocenters. The molecule has 9 heteroatoms. The van der Waals surface area contributed by atoms with Gasteiger partial charge in [-0.1, -0.05) is 6.07 Å². The molecule has 1 aliphatic rings. The third-order valence-electron chi connectivity index (χ3n) is 6.74. The quantitative estimate of drug-likeness (QED) is 0.353. The number of benzene rings is 1. The van der Waals surface area contributed by atoms with E-state index in [4.69, 9.17) is 4.74 Å². The molecule has 7 nitrogen and oxygen atoms in total. The maximum atomic E-state index is 13.9. The topological polar surface area (TPSA) is 93.5 Å². The second-order valence-electron chi connectivity index (χ2n) is 9.08. The van der Waals surface area contributed by atoms with Gasteiger partial charge < -0.3 is 19.7 Å². The lowest BCUT2D eigenvalue weighted by Gasteiger charge is -2.26. The Morgan fingerprint density at radius 2 is 1.97 bits per heavy atom. The first kappa shape index (κ1) is 24.0. The highest BCUT2D eigenvalue weighted by Gasteiger charge is 2.27. The lowest BCUT2D eigenvalue weighted by molar-refractivity contribution is -0.142. The summed E-state index contributed by atoms with van der Waals surface area (Å²) in [6, 6.07) is 10.3. The molecule has 0 saturated heterocycles. The van der Waals surface area contributed by atoms with Crippen LogP contribution in [0.2, 0.25) is 0 Å². The standard InChI is InChI=1S/C27H26FN3O4S/c1-35-22-11-18(10-19(28)12-22)17-4-7-21(29-13-17)14-31-9-8-24-25(31)23(15-36-24)26(32)30-20-5-2-16(3-6-20)27(33)34/h4,7-13,15-16,20H,2-3,5-6,14H2,1H3,(H,30,32)(H,33,34). The average Bonchev–Trinajstić information content (AvgIpc) is 3.47. The van der Waals surface area contributed by atoms with Crippen molar-refractivity contribution in [2.45, 2.75) is 38.3 Å². The van der Waals surface area contributed by atoms with Gasteiger partial charge in [0.05, 0.1) is 41.0 Å². The van der Waals surface area contributed by atoms with Crippen LogP contribution < -0.4 is 10.1 Å². The van der Waals surface area contributed by atoms with Gasteiger partial charge in [-0.2, -0.15) is 0 Å². The fourth-order valence-electron chi connectivity index (χ4n) is 4.76. The van der Waals surface area contributed by atoms with Gasteiger partial charge in [-0.05, 0) is 55.5 Å². The highest BCUT2D eigenvalue weighted by Crippen LogP contribution is 2.30. The van der Waals surface area contributed by atoms with Gasteiger partial charge in [0, 0.05) is 35.4 Å². The number of carbonyl (C=O) groups excluding carboxylic acids is 1. The van der Waals surface area contributed by atoms with Gasteiger partial charge in [0.2, 0.25) is 0 Å². The van der Waals surface area contributed by atoms with Crippen LogP contribution in [0.3, 0.4) is 0 Å². The zero-order chi connectivity index (χ0) is 25.2. The van der Waals surface area contributed by atoms with E-state index in [1.807, 2.05) is 34.3 Å². The number of pyridine rings is 1. The number of carboxylic acids is 1. The molecule has 186 valence electrons. The molecule has 0 spiro atoms. The van der Waals surface area contributed by atoms with E-state index in [9.17, 15) is 19.1 Å². The lowest BCUT2D eigenvalue weighted by atomic mass is 9.86. The fourth-order valence-corrected chi connectivity index (χ4v) is 5.71. The Morgan fingerprint density at radius 1 is 1.17 bits per heavy atom. The van der Waals surface area contributed by atoms with E-state index in [1.165, 1.54) is 30.6 Å². The normalized spacial score (nSPS) is 17.7. The molecule has 0 bridgehead atoms. The van der Waals surface area contributed by atoms with Gasteiger partial charge >= 0.3 is 5.97 Å². The number of aliphatic carboxylic acids is 1. The number of methoxy groups -OCH3 is 1. The van der Waals surface area contributed by atoms with Crippen molar-refractivity contribution in [3.05, 3.63) is 71.2 Å². The van der Waals surface area contributed by atoms with Crippen LogP contribution in [0.5, 0.6) is 5.75 Å². The van der Waals surface area contributed by atoms with Crippen LogP contribution in [-0.4, -0.2) is 39.7 Å². The second kappa shape index (κ2) is 10.1.